The summed E-state index contributed by atoms with van der Waals surface area (Å²) in [6.45, 7) is 10.6. The predicted octanol–water partition coefficient (Wildman–Crippen LogP) is 3.20. The highest BCUT2D eigenvalue weighted by Crippen LogP contribution is 2.47. The van der Waals surface area contributed by atoms with Crippen LogP contribution in [0.4, 0.5) is 0 Å². The summed E-state index contributed by atoms with van der Waals surface area (Å²) in [5, 5.41) is 0. The van der Waals surface area contributed by atoms with E-state index >= 15 is 0 Å². The second kappa shape index (κ2) is 4.87. The average molecular weight is 249 g/mol. The molecule has 0 aromatic carbocycles. The zero-order chi connectivity index (χ0) is 13.3. The predicted molar refractivity (Wildman–Crippen MR) is 72.3 cm³/mol. The molecule has 100 valence electrons. The summed E-state index contributed by atoms with van der Waals surface area (Å²) in [5.41, 5.74) is 0.127. The average Bonchev–Trinajstić information content (AvgIpc) is 2.75. The van der Waals surface area contributed by atoms with Gasteiger partial charge < -0.3 is 4.74 Å². The van der Waals surface area contributed by atoms with Gasteiger partial charge in [0.1, 0.15) is 0 Å². The van der Waals surface area contributed by atoms with Gasteiger partial charge in [0, 0.05) is 5.92 Å². The van der Waals surface area contributed by atoms with E-state index in [4.69, 9.17) is 4.74 Å². The number of hydrogen-bond donors (Lipinski definition) is 0. The molecular formula is C15H23NO2. The van der Waals surface area contributed by atoms with Crippen molar-refractivity contribution in [1.82, 2.24) is 0 Å². The van der Waals surface area contributed by atoms with Gasteiger partial charge >= 0.3 is 0 Å². The van der Waals surface area contributed by atoms with Crippen molar-refractivity contribution in [2.75, 3.05) is 0 Å². The van der Waals surface area contributed by atoms with Crippen LogP contribution in [0, 0.1) is 23.2 Å². The SMILES string of the molecule is C=CC1(C)CCC(C(C)C)C(C2OC=NC2=O)C1. The van der Waals surface area contributed by atoms with Crippen LogP contribution >= 0.6 is 0 Å². The van der Waals surface area contributed by atoms with Crippen LogP contribution in [0.15, 0.2) is 17.6 Å². The van der Waals surface area contributed by atoms with E-state index in [1.165, 1.54) is 6.40 Å². The molecule has 4 atom stereocenters. The van der Waals surface area contributed by atoms with Crippen molar-refractivity contribution in [3.05, 3.63) is 12.7 Å². The van der Waals surface area contributed by atoms with Crippen molar-refractivity contribution in [2.45, 2.75) is 46.1 Å². The van der Waals surface area contributed by atoms with Gasteiger partial charge in [-0.25, -0.2) is 0 Å². The summed E-state index contributed by atoms with van der Waals surface area (Å²) in [4.78, 5) is 15.5. The highest BCUT2D eigenvalue weighted by atomic mass is 16.5. The minimum atomic E-state index is -0.364. The Kier molecular flexibility index (Phi) is 3.60. The largest absolute Gasteiger partial charge is 0.470 e. The fourth-order valence-electron chi connectivity index (χ4n) is 3.41. The van der Waals surface area contributed by atoms with E-state index in [-0.39, 0.29) is 23.3 Å². The lowest BCUT2D eigenvalue weighted by molar-refractivity contribution is -0.127. The maximum absolute atomic E-state index is 11.8. The van der Waals surface area contributed by atoms with Gasteiger partial charge in [-0.1, -0.05) is 26.8 Å². The molecule has 1 amide bonds. The standard InChI is InChI=1S/C15H23NO2/c1-5-15(4)7-6-11(10(2)3)12(8-15)13-14(17)16-9-18-13/h5,9-13H,1,6-8H2,2-4H3. The molecule has 0 aromatic rings. The lowest BCUT2D eigenvalue weighted by atomic mass is 9.62. The van der Waals surface area contributed by atoms with Crippen LogP contribution in [-0.2, 0) is 9.53 Å². The number of allylic oxidation sites excluding steroid dienone is 1. The van der Waals surface area contributed by atoms with Gasteiger partial charge in [0.25, 0.3) is 5.91 Å². The molecule has 0 saturated heterocycles. The second-order valence-corrected chi connectivity index (χ2v) is 6.30. The van der Waals surface area contributed by atoms with Gasteiger partial charge in [-0.05, 0) is 36.5 Å². The van der Waals surface area contributed by atoms with E-state index < -0.39 is 0 Å². The van der Waals surface area contributed by atoms with Gasteiger partial charge in [-0.2, -0.15) is 4.99 Å². The molecule has 0 radical (unpaired) electrons. The topological polar surface area (TPSA) is 38.7 Å². The number of amides is 1. The normalized spacial score (nSPS) is 40.0. The zero-order valence-electron chi connectivity index (χ0n) is 11.6. The highest BCUT2D eigenvalue weighted by molar-refractivity contribution is 5.91. The van der Waals surface area contributed by atoms with Gasteiger partial charge in [0.15, 0.2) is 12.5 Å². The lowest BCUT2D eigenvalue weighted by Crippen LogP contribution is -2.42. The fourth-order valence-corrected chi connectivity index (χ4v) is 3.41. The van der Waals surface area contributed by atoms with E-state index in [2.05, 4.69) is 32.3 Å². The molecule has 18 heavy (non-hydrogen) atoms. The molecule has 4 unspecified atom stereocenters. The Bertz CT molecular complexity index is 375. The number of ether oxygens (including phenoxy) is 1. The van der Waals surface area contributed by atoms with E-state index in [0.717, 1.165) is 19.3 Å². The van der Waals surface area contributed by atoms with E-state index in [1.807, 2.05) is 6.08 Å². The molecular weight excluding hydrogens is 226 g/mol. The van der Waals surface area contributed by atoms with Gasteiger partial charge in [-0.15, -0.1) is 6.58 Å². The van der Waals surface area contributed by atoms with Gasteiger partial charge in [0.2, 0.25) is 0 Å². The number of aliphatic imine (C=N–C) groups is 1. The van der Waals surface area contributed by atoms with Crippen molar-refractivity contribution in [3.8, 4) is 0 Å². The molecule has 1 aliphatic carbocycles. The van der Waals surface area contributed by atoms with Crippen LogP contribution in [0.1, 0.15) is 40.0 Å². The number of carbonyl (C=O) groups is 1. The van der Waals surface area contributed by atoms with E-state index in [0.29, 0.717) is 11.8 Å². The Morgan fingerprint density at radius 3 is 2.83 bits per heavy atom. The zero-order valence-corrected chi connectivity index (χ0v) is 11.6. The first-order chi connectivity index (χ1) is 8.47. The van der Waals surface area contributed by atoms with Gasteiger partial charge in [0.05, 0.1) is 0 Å². The maximum Gasteiger partial charge on any atom is 0.289 e. The molecule has 0 spiro atoms. The van der Waals surface area contributed by atoms with Crippen molar-refractivity contribution in [1.29, 1.82) is 0 Å². The number of hydrogen-bond acceptors (Lipinski definition) is 2. The first-order valence-corrected chi connectivity index (χ1v) is 6.82. The smallest absolute Gasteiger partial charge is 0.289 e. The molecule has 3 heteroatoms. The first-order valence-electron chi connectivity index (χ1n) is 6.82. The molecule has 2 rings (SSSR count). The molecule has 0 bridgehead atoms. The van der Waals surface area contributed by atoms with Crippen LogP contribution in [0.5, 0.6) is 0 Å². The fraction of sp³-hybridized carbons (Fsp3) is 0.733. The van der Waals surface area contributed by atoms with Crippen LogP contribution in [0.2, 0.25) is 0 Å². The Morgan fingerprint density at radius 1 is 1.61 bits per heavy atom. The summed E-state index contributed by atoms with van der Waals surface area (Å²) in [6.07, 6.45) is 6.24. The summed E-state index contributed by atoms with van der Waals surface area (Å²) in [6, 6.07) is 0. The van der Waals surface area contributed by atoms with Crippen molar-refractivity contribution in [2.24, 2.45) is 28.2 Å². The third-order valence-corrected chi connectivity index (χ3v) is 4.67. The van der Waals surface area contributed by atoms with Crippen molar-refractivity contribution in [3.63, 3.8) is 0 Å². The summed E-state index contributed by atoms with van der Waals surface area (Å²) >= 11 is 0. The Hall–Kier alpha value is -1.12. The number of rotatable bonds is 3. The first kappa shape index (κ1) is 13.3. The number of carbonyl (C=O) groups excluding carboxylic acids is 1. The minimum absolute atomic E-state index is 0.112. The lowest BCUT2D eigenvalue weighted by Gasteiger charge is -2.44. The van der Waals surface area contributed by atoms with Crippen molar-refractivity contribution < 1.29 is 9.53 Å². The third kappa shape index (κ3) is 2.36. The second-order valence-electron chi connectivity index (χ2n) is 6.30. The molecule has 0 N–H and O–H groups in total. The summed E-state index contributed by atoms with van der Waals surface area (Å²) in [5.74, 6) is 1.26. The summed E-state index contributed by atoms with van der Waals surface area (Å²) in [7, 11) is 0. The molecule has 1 fully saturated rings. The monoisotopic (exact) mass is 249 g/mol. The Morgan fingerprint density at radius 2 is 2.33 bits per heavy atom. The molecule has 2 aliphatic rings. The van der Waals surface area contributed by atoms with Crippen LogP contribution in [0.3, 0.4) is 0 Å². The third-order valence-electron chi connectivity index (χ3n) is 4.67. The van der Waals surface area contributed by atoms with Crippen LogP contribution in [-0.4, -0.2) is 18.4 Å². The summed E-state index contributed by atoms with van der Waals surface area (Å²) < 4.78 is 5.45. The molecule has 1 heterocycles. The minimum Gasteiger partial charge on any atom is -0.470 e. The van der Waals surface area contributed by atoms with Crippen LogP contribution in [0.25, 0.3) is 0 Å². The molecule has 1 aliphatic heterocycles. The van der Waals surface area contributed by atoms with Crippen LogP contribution < -0.4 is 0 Å². The number of nitrogens with zero attached hydrogens (tertiary/aromatic N) is 1. The molecule has 1 saturated carbocycles. The van der Waals surface area contributed by atoms with E-state index in [1.54, 1.807) is 0 Å². The quantitative estimate of drug-likeness (QED) is 0.720. The van der Waals surface area contributed by atoms with Gasteiger partial charge in [-0.3, -0.25) is 4.79 Å². The molecule has 3 nitrogen and oxygen atoms in total. The van der Waals surface area contributed by atoms with Crippen molar-refractivity contribution >= 4 is 12.3 Å². The highest BCUT2D eigenvalue weighted by Gasteiger charge is 2.45. The molecule has 0 aromatic heterocycles. The maximum atomic E-state index is 11.8. The van der Waals surface area contributed by atoms with E-state index in [9.17, 15) is 4.79 Å². The Balaban J connectivity index is 2.20. The Labute approximate surface area is 109 Å².